The molecule has 124 valence electrons. The molecule has 0 amide bonds. The standard InChI is InChI=1S/C19H20N2OS2/c1-2-21-18(22)16-14-10-6-7-11-15(14)24-17(16)20-19(21)23-12-13-8-4-3-5-9-13/h3-5,8-9H,2,6-7,10-12H2,1H3. The second kappa shape index (κ2) is 6.73. The van der Waals surface area contributed by atoms with Gasteiger partial charge in [-0.15, -0.1) is 11.3 Å². The van der Waals surface area contributed by atoms with Crippen LogP contribution in [0.1, 0.15) is 35.8 Å². The molecule has 0 N–H and O–H groups in total. The van der Waals surface area contributed by atoms with E-state index in [0.717, 1.165) is 34.0 Å². The van der Waals surface area contributed by atoms with E-state index in [1.807, 2.05) is 29.7 Å². The molecule has 1 aromatic carbocycles. The van der Waals surface area contributed by atoms with Crippen molar-refractivity contribution in [2.24, 2.45) is 0 Å². The fraction of sp³-hybridized carbons (Fsp3) is 0.368. The summed E-state index contributed by atoms with van der Waals surface area (Å²) in [5, 5.41) is 1.73. The first-order valence-corrected chi connectivity index (χ1v) is 10.3. The summed E-state index contributed by atoms with van der Waals surface area (Å²) in [7, 11) is 0. The van der Waals surface area contributed by atoms with Crippen LogP contribution < -0.4 is 5.56 Å². The lowest BCUT2D eigenvalue weighted by molar-refractivity contribution is 0.633. The molecule has 4 rings (SSSR count). The van der Waals surface area contributed by atoms with E-state index in [9.17, 15) is 4.79 Å². The van der Waals surface area contributed by atoms with Crippen LogP contribution in [0.2, 0.25) is 0 Å². The first-order valence-electron chi connectivity index (χ1n) is 8.49. The van der Waals surface area contributed by atoms with E-state index >= 15 is 0 Å². The molecular formula is C19H20N2OS2. The molecule has 2 heterocycles. The fourth-order valence-electron chi connectivity index (χ4n) is 3.33. The molecule has 0 saturated carbocycles. The van der Waals surface area contributed by atoms with Crippen LogP contribution in [0.3, 0.4) is 0 Å². The number of hydrogen-bond donors (Lipinski definition) is 0. The molecule has 2 aromatic heterocycles. The Hall–Kier alpha value is -1.59. The molecule has 1 aliphatic carbocycles. The smallest absolute Gasteiger partial charge is 0.263 e. The number of rotatable bonds is 4. The highest BCUT2D eigenvalue weighted by atomic mass is 32.2. The minimum absolute atomic E-state index is 0.150. The molecule has 3 aromatic rings. The van der Waals surface area contributed by atoms with Gasteiger partial charge in [0.15, 0.2) is 5.16 Å². The van der Waals surface area contributed by atoms with Crippen molar-refractivity contribution in [3.05, 3.63) is 56.7 Å². The highest BCUT2D eigenvalue weighted by Crippen LogP contribution is 2.35. The zero-order chi connectivity index (χ0) is 16.5. The van der Waals surface area contributed by atoms with E-state index in [-0.39, 0.29) is 5.56 Å². The maximum Gasteiger partial charge on any atom is 0.263 e. The number of fused-ring (bicyclic) bond motifs is 3. The van der Waals surface area contributed by atoms with Gasteiger partial charge in [0.2, 0.25) is 0 Å². The predicted octanol–water partition coefficient (Wildman–Crippen LogP) is 4.65. The van der Waals surface area contributed by atoms with Crippen LogP contribution in [0.15, 0.2) is 40.3 Å². The average Bonchev–Trinajstić information content (AvgIpc) is 2.99. The number of nitrogens with zero attached hydrogens (tertiary/aromatic N) is 2. The van der Waals surface area contributed by atoms with Crippen LogP contribution >= 0.6 is 23.1 Å². The molecule has 0 atom stereocenters. The van der Waals surface area contributed by atoms with Gasteiger partial charge in [0, 0.05) is 17.2 Å². The van der Waals surface area contributed by atoms with Crippen molar-refractivity contribution in [3.8, 4) is 0 Å². The summed E-state index contributed by atoms with van der Waals surface area (Å²) in [6.45, 7) is 2.70. The Morgan fingerprint density at radius 3 is 2.79 bits per heavy atom. The van der Waals surface area contributed by atoms with Crippen molar-refractivity contribution >= 4 is 33.3 Å². The van der Waals surface area contributed by atoms with E-state index in [1.54, 1.807) is 23.1 Å². The molecule has 0 unspecified atom stereocenters. The molecule has 0 fully saturated rings. The first-order chi connectivity index (χ1) is 11.8. The van der Waals surface area contributed by atoms with Gasteiger partial charge in [0.05, 0.1) is 5.39 Å². The summed E-state index contributed by atoms with van der Waals surface area (Å²) >= 11 is 3.39. The van der Waals surface area contributed by atoms with Gasteiger partial charge in [0.25, 0.3) is 5.56 Å². The number of aromatic nitrogens is 2. The summed E-state index contributed by atoms with van der Waals surface area (Å²) in [6, 6.07) is 10.4. The lowest BCUT2D eigenvalue weighted by Gasteiger charge is -2.12. The highest BCUT2D eigenvalue weighted by molar-refractivity contribution is 7.98. The van der Waals surface area contributed by atoms with E-state index < -0.39 is 0 Å². The zero-order valence-corrected chi connectivity index (χ0v) is 15.4. The molecule has 3 nitrogen and oxygen atoms in total. The normalized spacial score (nSPS) is 14.0. The zero-order valence-electron chi connectivity index (χ0n) is 13.7. The fourth-order valence-corrected chi connectivity index (χ4v) is 5.65. The maximum absolute atomic E-state index is 13.0. The van der Waals surface area contributed by atoms with E-state index in [0.29, 0.717) is 6.54 Å². The molecule has 24 heavy (non-hydrogen) atoms. The minimum Gasteiger partial charge on any atom is -0.287 e. The topological polar surface area (TPSA) is 34.9 Å². The Bertz CT molecular complexity index is 928. The summed E-state index contributed by atoms with van der Waals surface area (Å²) in [5.41, 5.74) is 2.68. The lowest BCUT2D eigenvalue weighted by atomic mass is 9.97. The number of thiophene rings is 1. The van der Waals surface area contributed by atoms with Gasteiger partial charge in [-0.05, 0) is 43.7 Å². The SMILES string of the molecule is CCn1c(SCc2ccccc2)nc2sc3c(c2c1=O)CCCC3. The highest BCUT2D eigenvalue weighted by Gasteiger charge is 2.21. The monoisotopic (exact) mass is 356 g/mol. The second-order valence-electron chi connectivity index (χ2n) is 6.11. The summed E-state index contributed by atoms with van der Waals surface area (Å²) in [5.74, 6) is 0.837. The largest absolute Gasteiger partial charge is 0.287 e. The van der Waals surface area contributed by atoms with Crippen molar-refractivity contribution < 1.29 is 0 Å². The van der Waals surface area contributed by atoms with Crippen LogP contribution in [-0.2, 0) is 25.1 Å². The summed E-state index contributed by atoms with van der Waals surface area (Å²) < 4.78 is 1.84. The van der Waals surface area contributed by atoms with E-state index in [2.05, 4.69) is 12.1 Å². The molecule has 0 radical (unpaired) electrons. The lowest BCUT2D eigenvalue weighted by Crippen LogP contribution is -2.22. The third-order valence-corrected chi connectivity index (χ3v) is 6.80. The van der Waals surface area contributed by atoms with Gasteiger partial charge >= 0.3 is 0 Å². The van der Waals surface area contributed by atoms with Crippen LogP contribution in [0.5, 0.6) is 0 Å². The Kier molecular flexibility index (Phi) is 4.46. The summed E-state index contributed by atoms with van der Waals surface area (Å²) in [6.07, 6.45) is 4.56. The maximum atomic E-state index is 13.0. The van der Waals surface area contributed by atoms with Gasteiger partial charge < -0.3 is 0 Å². The third-order valence-electron chi connectivity index (χ3n) is 4.57. The van der Waals surface area contributed by atoms with Crippen molar-refractivity contribution in [2.75, 3.05) is 0 Å². The van der Waals surface area contributed by atoms with Crippen molar-refractivity contribution in [1.29, 1.82) is 0 Å². The van der Waals surface area contributed by atoms with Crippen LogP contribution in [0.25, 0.3) is 10.2 Å². The Morgan fingerprint density at radius 1 is 1.21 bits per heavy atom. The molecule has 0 aliphatic heterocycles. The van der Waals surface area contributed by atoms with Crippen molar-refractivity contribution in [1.82, 2.24) is 9.55 Å². The van der Waals surface area contributed by atoms with Crippen LogP contribution in [0, 0.1) is 0 Å². The Morgan fingerprint density at radius 2 is 2.00 bits per heavy atom. The van der Waals surface area contributed by atoms with Gasteiger partial charge in [-0.25, -0.2) is 4.98 Å². The van der Waals surface area contributed by atoms with Crippen LogP contribution in [-0.4, -0.2) is 9.55 Å². The van der Waals surface area contributed by atoms with Gasteiger partial charge in [-0.2, -0.15) is 0 Å². The second-order valence-corrected chi connectivity index (χ2v) is 8.14. The van der Waals surface area contributed by atoms with Gasteiger partial charge in [0.1, 0.15) is 4.83 Å². The van der Waals surface area contributed by atoms with Gasteiger partial charge in [-0.1, -0.05) is 42.1 Å². The molecular weight excluding hydrogens is 336 g/mol. The van der Waals surface area contributed by atoms with E-state index in [1.165, 1.54) is 28.8 Å². The Balaban J connectivity index is 1.76. The number of thioether (sulfide) groups is 1. The third kappa shape index (κ3) is 2.80. The minimum atomic E-state index is 0.150. The number of hydrogen-bond acceptors (Lipinski definition) is 4. The van der Waals surface area contributed by atoms with Crippen molar-refractivity contribution in [2.45, 2.75) is 50.1 Å². The molecule has 1 aliphatic rings. The summed E-state index contributed by atoms with van der Waals surface area (Å²) in [4.78, 5) is 20.2. The van der Waals surface area contributed by atoms with Crippen LogP contribution in [0.4, 0.5) is 0 Å². The van der Waals surface area contributed by atoms with Gasteiger partial charge in [-0.3, -0.25) is 9.36 Å². The van der Waals surface area contributed by atoms with Crippen molar-refractivity contribution in [3.63, 3.8) is 0 Å². The molecule has 0 saturated heterocycles. The number of aryl methyl sites for hydroxylation is 2. The average molecular weight is 357 g/mol. The number of benzene rings is 1. The molecule has 0 bridgehead atoms. The predicted molar refractivity (Wildman–Crippen MR) is 102 cm³/mol. The Labute approximate surface area is 149 Å². The quantitative estimate of drug-likeness (QED) is 0.504. The molecule has 5 heteroatoms. The van der Waals surface area contributed by atoms with E-state index in [4.69, 9.17) is 4.98 Å². The first kappa shape index (κ1) is 15.9. The molecule has 0 spiro atoms.